The molecule has 0 radical (unpaired) electrons. The fourth-order valence-electron chi connectivity index (χ4n) is 3.78. The molecule has 3 N–H and O–H groups in total. The molecule has 2 heterocycles. The molecule has 0 atom stereocenters. The van der Waals surface area contributed by atoms with Crippen molar-refractivity contribution < 1.29 is 14.7 Å². The van der Waals surface area contributed by atoms with Gasteiger partial charge in [-0.25, -0.2) is 9.47 Å². The molecule has 196 valence electrons. The number of nitrogens with one attached hydrogen (secondary N) is 2. The summed E-state index contributed by atoms with van der Waals surface area (Å²) in [6.45, 7) is 7.94. The fourth-order valence-corrected chi connectivity index (χ4v) is 3.97. The predicted octanol–water partition coefficient (Wildman–Crippen LogP) is 4.09. The molecule has 3 rings (SSSR count). The molecule has 0 saturated heterocycles. The van der Waals surface area contributed by atoms with Crippen LogP contribution in [-0.2, 0) is 30.8 Å². The van der Waals surface area contributed by atoms with Gasteiger partial charge in [0.15, 0.2) is 0 Å². The Morgan fingerprint density at radius 2 is 1.89 bits per heavy atom. The van der Waals surface area contributed by atoms with Crippen molar-refractivity contribution in [2.75, 3.05) is 5.43 Å². The molecule has 0 aliphatic carbocycles. The third-order valence-corrected chi connectivity index (χ3v) is 6.19. The van der Waals surface area contributed by atoms with Crippen LogP contribution >= 0.6 is 11.6 Å². The van der Waals surface area contributed by atoms with Crippen molar-refractivity contribution in [2.45, 2.75) is 59.3 Å². The van der Waals surface area contributed by atoms with Crippen LogP contribution in [0, 0.1) is 6.92 Å². The Labute approximate surface area is 221 Å². The molecule has 1 aromatic carbocycles. The van der Waals surface area contributed by atoms with Gasteiger partial charge < -0.3 is 15.8 Å². The Kier molecular flexibility index (Phi) is 8.94. The smallest absolute Gasteiger partial charge is 0.408 e. The van der Waals surface area contributed by atoms with Crippen LogP contribution in [0.1, 0.15) is 48.6 Å². The summed E-state index contributed by atoms with van der Waals surface area (Å²) in [5.41, 5.74) is 5.59. The van der Waals surface area contributed by atoms with Gasteiger partial charge >= 0.3 is 6.09 Å². The SMILES string of the molecule is Cc1ccn(NCc2cccnc2)c(=O)c1CC(=O)NCc1cc(Cl)ccc1CN(C(=O)O)C(C)(C)C. The zero-order valence-corrected chi connectivity index (χ0v) is 22.2. The summed E-state index contributed by atoms with van der Waals surface area (Å²) in [5, 5.41) is 13.0. The van der Waals surface area contributed by atoms with Gasteiger partial charge in [0.1, 0.15) is 0 Å². The standard InChI is InChI=1S/C27H32ClN5O4/c1-18-9-11-33(31-15-19-6-5-10-29-14-19)25(35)23(18)13-24(34)30-16-21-12-22(28)8-7-20(21)17-32(26(36)37)27(2,3)4/h5-12,14,31H,13,15-17H2,1-4H3,(H,30,34)(H,36,37). The van der Waals surface area contributed by atoms with E-state index in [0.29, 0.717) is 28.3 Å². The third kappa shape index (κ3) is 7.57. The molecule has 0 aliphatic heterocycles. The van der Waals surface area contributed by atoms with Gasteiger partial charge in [-0.15, -0.1) is 0 Å². The lowest BCUT2D eigenvalue weighted by Crippen LogP contribution is -2.44. The maximum absolute atomic E-state index is 13.0. The number of hydrogen-bond donors (Lipinski definition) is 3. The van der Waals surface area contributed by atoms with E-state index < -0.39 is 11.6 Å². The highest BCUT2D eigenvalue weighted by molar-refractivity contribution is 6.30. The Balaban J connectivity index is 1.71. The summed E-state index contributed by atoms with van der Waals surface area (Å²) in [6.07, 6.45) is 3.89. The predicted molar refractivity (Wildman–Crippen MR) is 143 cm³/mol. The first-order chi connectivity index (χ1) is 17.5. The molecule has 3 aromatic rings. The summed E-state index contributed by atoms with van der Waals surface area (Å²) in [6, 6.07) is 10.7. The number of benzene rings is 1. The number of carbonyl (C=O) groups excluding carboxylic acids is 1. The van der Waals surface area contributed by atoms with Gasteiger partial charge in [0, 0.05) is 47.8 Å². The first kappa shape index (κ1) is 27.7. The van der Waals surface area contributed by atoms with Crippen LogP contribution in [0.25, 0.3) is 0 Å². The van der Waals surface area contributed by atoms with E-state index in [9.17, 15) is 19.5 Å². The van der Waals surface area contributed by atoms with Gasteiger partial charge in [-0.2, -0.15) is 0 Å². The lowest BCUT2D eigenvalue weighted by Gasteiger charge is -2.33. The molecule has 37 heavy (non-hydrogen) atoms. The Morgan fingerprint density at radius 3 is 2.54 bits per heavy atom. The van der Waals surface area contributed by atoms with Crippen LogP contribution in [0.2, 0.25) is 5.02 Å². The molecule has 10 heteroatoms. The molecule has 2 aromatic heterocycles. The maximum Gasteiger partial charge on any atom is 0.408 e. The number of aromatic nitrogens is 2. The van der Waals surface area contributed by atoms with Gasteiger partial charge in [0.2, 0.25) is 5.91 Å². The number of rotatable bonds is 9. The van der Waals surface area contributed by atoms with Crippen LogP contribution in [0.3, 0.4) is 0 Å². The van der Waals surface area contributed by atoms with Gasteiger partial charge in [-0.3, -0.25) is 19.5 Å². The minimum Gasteiger partial charge on any atom is -0.465 e. The highest BCUT2D eigenvalue weighted by atomic mass is 35.5. The van der Waals surface area contributed by atoms with Crippen LogP contribution in [0.4, 0.5) is 4.79 Å². The minimum absolute atomic E-state index is 0.0980. The number of carbonyl (C=O) groups is 2. The van der Waals surface area contributed by atoms with Crippen molar-refractivity contribution in [3.8, 4) is 0 Å². The molecular weight excluding hydrogens is 494 g/mol. The zero-order chi connectivity index (χ0) is 27.2. The molecular formula is C27H32ClN5O4. The van der Waals surface area contributed by atoms with Crippen LogP contribution in [0.5, 0.6) is 0 Å². The van der Waals surface area contributed by atoms with Crippen LogP contribution in [-0.4, -0.2) is 37.2 Å². The van der Waals surface area contributed by atoms with Crippen molar-refractivity contribution in [1.29, 1.82) is 0 Å². The van der Waals surface area contributed by atoms with Gasteiger partial charge in [0.25, 0.3) is 5.56 Å². The Morgan fingerprint density at radius 1 is 1.14 bits per heavy atom. The first-order valence-electron chi connectivity index (χ1n) is 11.8. The van der Waals surface area contributed by atoms with Crippen molar-refractivity contribution in [2.24, 2.45) is 0 Å². The van der Waals surface area contributed by atoms with E-state index in [1.807, 2.05) is 32.9 Å². The van der Waals surface area contributed by atoms with Gasteiger partial charge in [-0.1, -0.05) is 23.7 Å². The lowest BCUT2D eigenvalue weighted by atomic mass is 10.0. The third-order valence-electron chi connectivity index (χ3n) is 5.95. The molecule has 0 saturated carbocycles. The van der Waals surface area contributed by atoms with E-state index in [4.69, 9.17) is 11.6 Å². The van der Waals surface area contributed by atoms with Crippen molar-refractivity contribution in [3.05, 3.63) is 98.2 Å². The van der Waals surface area contributed by atoms with Crippen molar-refractivity contribution >= 4 is 23.6 Å². The van der Waals surface area contributed by atoms with E-state index in [2.05, 4.69) is 15.7 Å². The number of hydrogen-bond acceptors (Lipinski definition) is 5. The molecule has 0 bridgehead atoms. The maximum atomic E-state index is 13.0. The number of pyridine rings is 2. The van der Waals surface area contributed by atoms with Crippen molar-refractivity contribution in [3.63, 3.8) is 0 Å². The number of aryl methyl sites for hydroxylation is 1. The van der Waals surface area contributed by atoms with Crippen LogP contribution < -0.4 is 16.3 Å². The Hall–Kier alpha value is -3.85. The number of amides is 2. The summed E-state index contributed by atoms with van der Waals surface area (Å²) in [5.74, 6) is -0.331. The summed E-state index contributed by atoms with van der Waals surface area (Å²) >= 11 is 6.19. The van der Waals surface area contributed by atoms with Gasteiger partial charge in [-0.05, 0) is 74.2 Å². The van der Waals surface area contributed by atoms with Crippen molar-refractivity contribution in [1.82, 2.24) is 19.9 Å². The highest BCUT2D eigenvalue weighted by Crippen LogP contribution is 2.22. The summed E-state index contributed by atoms with van der Waals surface area (Å²) < 4.78 is 1.37. The van der Waals surface area contributed by atoms with E-state index in [1.54, 1.807) is 49.8 Å². The molecule has 0 aliphatic rings. The second-order valence-electron chi connectivity index (χ2n) is 9.75. The second kappa shape index (κ2) is 11.9. The molecule has 9 nitrogen and oxygen atoms in total. The number of nitrogens with zero attached hydrogens (tertiary/aromatic N) is 3. The number of carboxylic acid groups (broad SMARTS) is 1. The normalized spacial score (nSPS) is 11.2. The first-order valence-corrected chi connectivity index (χ1v) is 12.2. The average Bonchev–Trinajstić information content (AvgIpc) is 2.83. The molecule has 0 fully saturated rings. The zero-order valence-electron chi connectivity index (χ0n) is 21.4. The second-order valence-corrected chi connectivity index (χ2v) is 10.2. The highest BCUT2D eigenvalue weighted by Gasteiger charge is 2.27. The number of halogens is 1. The molecule has 2 amide bonds. The molecule has 0 unspecified atom stereocenters. The largest absolute Gasteiger partial charge is 0.465 e. The van der Waals surface area contributed by atoms with E-state index in [0.717, 1.165) is 11.1 Å². The monoisotopic (exact) mass is 525 g/mol. The van der Waals surface area contributed by atoms with Crippen LogP contribution in [0.15, 0.2) is 59.8 Å². The Bertz CT molecular complexity index is 1320. The minimum atomic E-state index is -1.04. The lowest BCUT2D eigenvalue weighted by molar-refractivity contribution is -0.120. The topological polar surface area (TPSA) is 117 Å². The van der Waals surface area contributed by atoms with E-state index >= 15 is 0 Å². The summed E-state index contributed by atoms with van der Waals surface area (Å²) in [4.78, 5) is 43.1. The summed E-state index contributed by atoms with van der Waals surface area (Å²) in [7, 11) is 0. The average molecular weight is 526 g/mol. The van der Waals surface area contributed by atoms with Gasteiger partial charge in [0.05, 0.1) is 13.0 Å². The quantitative estimate of drug-likeness (QED) is 0.387. The molecule has 0 spiro atoms. The van der Waals surface area contributed by atoms with E-state index in [1.165, 1.54) is 9.58 Å². The fraction of sp³-hybridized carbons (Fsp3) is 0.333. The van der Waals surface area contributed by atoms with E-state index in [-0.39, 0.29) is 31.0 Å².